The highest BCUT2D eigenvalue weighted by Gasteiger charge is 2.23. The van der Waals surface area contributed by atoms with E-state index in [1.54, 1.807) is 14.7 Å². The first-order chi connectivity index (χ1) is 15.1. The SMILES string of the molecule is O=C([O-])CN1CCN(CC(=O)[O-])CCN(C(CO)CC(O)CO)CCN(CC(=O)[O-])CC1. The predicted octanol–water partition coefficient (Wildman–Crippen LogP) is -7.44. The van der Waals surface area contributed by atoms with Crippen molar-refractivity contribution in [1.29, 1.82) is 0 Å². The Bertz CT molecular complexity index is 563. The van der Waals surface area contributed by atoms with E-state index in [1.807, 2.05) is 4.90 Å². The van der Waals surface area contributed by atoms with Gasteiger partial charge in [0.15, 0.2) is 0 Å². The summed E-state index contributed by atoms with van der Waals surface area (Å²) in [5.74, 6) is -3.87. The molecule has 0 bridgehead atoms. The van der Waals surface area contributed by atoms with Crippen molar-refractivity contribution in [2.24, 2.45) is 0 Å². The van der Waals surface area contributed by atoms with E-state index >= 15 is 0 Å². The van der Waals surface area contributed by atoms with E-state index in [9.17, 15) is 39.9 Å². The monoisotopic (exact) mass is 461 g/mol. The van der Waals surface area contributed by atoms with E-state index in [1.165, 1.54) is 0 Å². The molecular formula is C19H33N4O9-3. The number of carbonyl (C=O) groups is 3. The minimum atomic E-state index is -1.30. The third-order valence-corrected chi connectivity index (χ3v) is 5.41. The maximum absolute atomic E-state index is 11.2. The summed E-state index contributed by atoms with van der Waals surface area (Å²) < 4.78 is 0. The van der Waals surface area contributed by atoms with Crippen LogP contribution in [0, 0.1) is 0 Å². The molecule has 1 saturated heterocycles. The first-order valence-corrected chi connectivity index (χ1v) is 10.5. The molecule has 13 nitrogen and oxygen atoms in total. The molecule has 13 heteroatoms. The molecule has 1 heterocycles. The zero-order valence-corrected chi connectivity index (χ0v) is 18.1. The van der Waals surface area contributed by atoms with Gasteiger partial charge in [0.1, 0.15) is 0 Å². The molecule has 1 aliphatic heterocycles. The quantitative estimate of drug-likeness (QED) is 0.263. The summed E-state index contributed by atoms with van der Waals surface area (Å²) in [5.41, 5.74) is 0. The Hall–Kier alpha value is -1.87. The van der Waals surface area contributed by atoms with Gasteiger partial charge in [0.25, 0.3) is 0 Å². The van der Waals surface area contributed by atoms with E-state index in [-0.39, 0.29) is 85.0 Å². The molecule has 32 heavy (non-hydrogen) atoms. The number of hydrogen-bond donors (Lipinski definition) is 3. The van der Waals surface area contributed by atoms with Crippen molar-refractivity contribution in [3.63, 3.8) is 0 Å². The van der Waals surface area contributed by atoms with Crippen LogP contribution in [-0.4, -0.2) is 150 Å². The summed E-state index contributed by atoms with van der Waals surface area (Å²) in [4.78, 5) is 39.9. The molecule has 186 valence electrons. The Kier molecular flexibility index (Phi) is 13.2. The number of carboxylic acid groups (broad SMARTS) is 3. The number of carbonyl (C=O) groups excluding carboxylic acids is 3. The number of hydrogen-bond acceptors (Lipinski definition) is 13. The fourth-order valence-corrected chi connectivity index (χ4v) is 3.67. The number of carboxylic acids is 3. The molecule has 0 aliphatic carbocycles. The van der Waals surface area contributed by atoms with Crippen LogP contribution < -0.4 is 15.3 Å². The second-order valence-electron chi connectivity index (χ2n) is 7.89. The fourth-order valence-electron chi connectivity index (χ4n) is 3.67. The minimum absolute atomic E-state index is 0.0767. The molecule has 2 unspecified atom stereocenters. The molecule has 0 aromatic heterocycles. The van der Waals surface area contributed by atoms with Gasteiger partial charge in [-0.25, -0.2) is 0 Å². The van der Waals surface area contributed by atoms with Crippen LogP contribution in [0.25, 0.3) is 0 Å². The lowest BCUT2D eigenvalue weighted by molar-refractivity contribution is -0.308. The maximum Gasteiger partial charge on any atom is 0.0786 e. The molecule has 0 aromatic carbocycles. The highest BCUT2D eigenvalue weighted by molar-refractivity contribution is 5.67. The summed E-state index contributed by atoms with van der Waals surface area (Å²) in [5, 5.41) is 62.1. The van der Waals surface area contributed by atoms with Crippen molar-refractivity contribution >= 4 is 17.9 Å². The number of aliphatic hydroxyl groups excluding tert-OH is 3. The number of aliphatic carboxylic acids is 3. The molecule has 0 radical (unpaired) electrons. The molecule has 0 spiro atoms. The first kappa shape index (κ1) is 28.2. The molecule has 1 rings (SSSR count). The van der Waals surface area contributed by atoms with Crippen molar-refractivity contribution in [3.05, 3.63) is 0 Å². The van der Waals surface area contributed by atoms with Gasteiger partial charge in [0.05, 0.1) is 37.2 Å². The summed E-state index contributed by atoms with van der Waals surface area (Å²) >= 11 is 0. The fraction of sp³-hybridized carbons (Fsp3) is 0.842. The maximum atomic E-state index is 11.2. The van der Waals surface area contributed by atoms with Crippen molar-refractivity contribution in [2.45, 2.75) is 18.6 Å². The summed E-state index contributed by atoms with van der Waals surface area (Å²) in [6, 6.07) is -0.538. The van der Waals surface area contributed by atoms with Crippen LogP contribution in [0.15, 0.2) is 0 Å². The third kappa shape index (κ3) is 11.7. The summed E-state index contributed by atoms with van der Waals surface area (Å²) in [6.07, 6.45) is -0.974. The lowest BCUT2D eigenvalue weighted by Gasteiger charge is -2.37. The van der Waals surface area contributed by atoms with Crippen LogP contribution >= 0.6 is 0 Å². The zero-order valence-electron chi connectivity index (χ0n) is 18.1. The lowest BCUT2D eigenvalue weighted by Crippen LogP contribution is -2.53. The molecule has 3 N–H and O–H groups in total. The average molecular weight is 461 g/mol. The second kappa shape index (κ2) is 15.1. The normalized spacial score (nSPS) is 20.7. The molecular weight excluding hydrogens is 428 g/mol. The molecule has 0 amide bonds. The van der Waals surface area contributed by atoms with E-state index in [0.29, 0.717) is 0 Å². The standard InChI is InChI=1S/C19H36N4O9/c24-13-15(9-16(26)14-25)23-7-5-21(11-18(29)30)3-1-20(10-17(27)28)2-4-22(6-8-23)12-19(31)32/h15-16,24-26H,1-14H2,(H,27,28)(H,29,30)(H,31,32)/p-3. The van der Waals surface area contributed by atoms with Gasteiger partial charge in [-0.15, -0.1) is 0 Å². The molecule has 1 aliphatic rings. The number of aliphatic hydroxyl groups is 3. The Morgan fingerprint density at radius 3 is 1.28 bits per heavy atom. The minimum Gasteiger partial charge on any atom is -0.549 e. The largest absolute Gasteiger partial charge is 0.549 e. The lowest BCUT2D eigenvalue weighted by atomic mass is 10.1. The van der Waals surface area contributed by atoms with E-state index in [4.69, 9.17) is 5.11 Å². The highest BCUT2D eigenvalue weighted by Crippen LogP contribution is 2.09. The van der Waals surface area contributed by atoms with Crippen molar-refractivity contribution in [1.82, 2.24) is 19.6 Å². The zero-order chi connectivity index (χ0) is 24.1. The van der Waals surface area contributed by atoms with Crippen LogP contribution in [0.2, 0.25) is 0 Å². The van der Waals surface area contributed by atoms with Crippen LogP contribution in [0.4, 0.5) is 0 Å². The Morgan fingerprint density at radius 2 is 1.00 bits per heavy atom. The molecule has 1 fully saturated rings. The Labute approximate surface area is 187 Å². The van der Waals surface area contributed by atoms with Crippen LogP contribution in [-0.2, 0) is 14.4 Å². The smallest absolute Gasteiger partial charge is 0.0786 e. The van der Waals surface area contributed by atoms with Gasteiger partial charge in [0.2, 0.25) is 0 Å². The average Bonchev–Trinajstić information content (AvgIpc) is 2.71. The molecule has 0 aromatic rings. The van der Waals surface area contributed by atoms with E-state index < -0.39 is 36.7 Å². The van der Waals surface area contributed by atoms with Crippen LogP contribution in [0.3, 0.4) is 0 Å². The summed E-state index contributed by atoms with van der Waals surface area (Å²) in [6.45, 7) is 0.0300. The highest BCUT2D eigenvalue weighted by atomic mass is 16.4. The third-order valence-electron chi connectivity index (χ3n) is 5.41. The van der Waals surface area contributed by atoms with Crippen molar-refractivity contribution in [2.75, 3.05) is 85.2 Å². The van der Waals surface area contributed by atoms with Gasteiger partial charge in [-0.1, -0.05) is 0 Å². The topological polar surface area (TPSA) is 194 Å². The van der Waals surface area contributed by atoms with Gasteiger partial charge in [-0.05, 0) is 6.42 Å². The van der Waals surface area contributed by atoms with Crippen molar-refractivity contribution < 1.29 is 45.0 Å². The Balaban J connectivity index is 3.04. The Morgan fingerprint density at radius 1 is 0.656 bits per heavy atom. The van der Waals surface area contributed by atoms with Crippen LogP contribution in [0.5, 0.6) is 0 Å². The van der Waals surface area contributed by atoms with Gasteiger partial charge in [-0.2, -0.15) is 0 Å². The van der Waals surface area contributed by atoms with Crippen LogP contribution in [0.1, 0.15) is 6.42 Å². The van der Waals surface area contributed by atoms with Gasteiger partial charge < -0.3 is 45.0 Å². The number of rotatable bonds is 11. The van der Waals surface area contributed by atoms with Gasteiger partial charge in [-0.3, -0.25) is 19.6 Å². The molecule has 0 saturated carbocycles. The second-order valence-corrected chi connectivity index (χ2v) is 7.89. The van der Waals surface area contributed by atoms with Gasteiger partial charge >= 0.3 is 0 Å². The predicted molar refractivity (Wildman–Crippen MR) is 104 cm³/mol. The van der Waals surface area contributed by atoms with Gasteiger partial charge in [0, 0.05) is 78.0 Å². The summed E-state index contributed by atoms with van der Waals surface area (Å²) in [7, 11) is 0. The van der Waals surface area contributed by atoms with E-state index in [2.05, 4.69) is 0 Å². The van der Waals surface area contributed by atoms with E-state index in [0.717, 1.165) is 0 Å². The first-order valence-electron chi connectivity index (χ1n) is 10.5. The molecule has 2 atom stereocenters. The van der Waals surface area contributed by atoms with Crippen molar-refractivity contribution in [3.8, 4) is 0 Å². The number of nitrogens with zero attached hydrogens (tertiary/aromatic N) is 4.